The molecule has 3 N–H and O–H groups in total. The van der Waals surface area contributed by atoms with Gasteiger partial charge in [0.1, 0.15) is 12.0 Å². The summed E-state index contributed by atoms with van der Waals surface area (Å²) >= 11 is 0. The first-order chi connectivity index (χ1) is 8.93. The summed E-state index contributed by atoms with van der Waals surface area (Å²) in [5.74, 6) is 0.841. The van der Waals surface area contributed by atoms with Crippen molar-refractivity contribution in [1.29, 1.82) is 0 Å². The molecule has 0 aliphatic carbocycles. The van der Waals surface area contributed by atoms with Crippen LogP contribution in [0.5, 0.6) is 5.75 Å². The molecule has 0 aromatic heterocycles. The van der Waals surface area contributed by atoms with E-state index in [1.807, 2.05) is 46.0 Å². The second-order valence-electron chi connectivity index (χ2n) is 5.43. The minimum atomic E-state index is -0.455. The van der Waals surface area contributed by atoms with Crippen LogP contribution >= 0.6 is 0 Å². The van der Waals surface area contributed by atoms with Gasteiger partial charge in [0.15, 0.2) is 0 Å². The summed E-state index contributed by atoms with van der Waals surface area (Å²) in [5.41, 5.74) is 6.93. The standard InChI is InChI=1S/C16H22N2O/c1-11(18-4)19-14-10-9-12-7-5-6-8-13(12)15(14)16(2,3)17/h5-11,18H,17H2,1-4H3. The maximum atomic E-state index is 6.34. The van der Waals surface area contributed by atoms with Crippen molar-refractivity contribution in [1.82, 2.24) is 5.32 Å². The molecule has 0 heterocycles. The van der Waals surface area contributed by atoms with E-state index in [1.54, 1.807) is 0 Å². The molecule has 3 nitrogen and oxygen atoms in total. The number of hydrogen-bond donors (Lipinski definition) is 2. The van der Waals surface area contributed by atoms with Crippen molar-refractivity contribution in [3.05, 3.63) is 42.0 Å². The molecule has 2 aromatic rings. The molecule has 0 amide bonds. The average Bonchev–Trinajstić information content (AvgIpc) is 2.36. The second-order valence-corrected chi connectivity index (χ2v) is 5.43. The van der Waals surface area contributed by atoms with Crippen LogP contribution in [0.4, 0.5) is 0 Å². The van der Waals surface area contributed by atoms with Crippen molar-refractivity contribution in [3.8, 4) is 5.75 Å². The first-order valence-electron chi connectivity index (χ1n) is 6.58. The highest BCUT2D eigenvalue weighted by molar-refractivity contribution is 5.88. The van der Waals surface area contributed by atoms with Gasteiger partial charge in [0, 0.05) is 11.1 Å². The molecule has 19 heavy (non-hydrogen) atoms. The third-order valence-electron chi connectivity index (χ3n) is 3.25. The second kappa shape index (κ2) is 5.19. The minimum Gasteiger partial charge on any atom is -0.475 e. The highest BCUT2D eigenvalue weighted by Gasteiger charge is 2.23. The Morgan fingerprint density at radius 3 is 2.47 bits per heavy atom. The lowest BCUT2D eigenvalue weighted by molar-refractivity contribution is 0.189. The molecule has 1 atom stereocenters. The smallest absolute Gasteiger partial charge is 0.147 e. The topological polar surface area (TPSA) is 47.3 Å². The summed E-state index contributed by atoms with van der Waals surface area (Å²) in [6, 6.07) is 12.3. The zero-order valence-corrected chi connectivity index (χ0v) is 12.0. The Bertz CT molecular complexity index is 572. The lowest BCUT2D eigenvalue weighted by Crippen LogP contribution is -2.32. The SMILES string of the molecule is CNC(C)Oc1ccc2ccccc2c1C(C)(C)N. The van der Waals surface area contributed by atoms with E-state index in [0.29, 0.717) is 0 Å². The molecule has 1 unspecified atom stereocenters. The van der Waals surface area contributed by atoms with Crippen molar-refractivity contribution >= 4 is 10.8 Å². The summed E-state index contributed by atoms with van der Waals surface area (Å²) in [5, 5.41) is 5.41. The Balaban J connectivity index is 2.63. The van der Waals surface area contributed by atoms with Crippen molar-refractivity contribution in [2.75, 3.05) is 7.05 Å². The van der Waals surface area contributed by atoms with Gasteiger partial charge in [-0.3, -0.25) is 5.32 Å². The van der Waals surface area contributed by atoms with Crippen LogP contribution in [0.1, 0.15) is 26.3 Å². The van der Waals surface area contributed by atoms with Crippen LogP contribution in [-0.4, -0.2) is 13.3 Å². The number of benzene rings is 2. The number of fused-ring (bicyclic) bond motifs is 1. The molecule has 102 valence electrons. The highest BCUT2D eigenvalue weighted by atomic mass is 16.5. The zero-order valence-electron chi connectivity index (χ0n) is 12.0. The summed E-state index contributed by atoms with van der Waals surface area (Å²) < 4.78 is 5.94. The van der Waals surface area contributed by atoms with E-state index in [2.05, 4.69) is 23.5 Å². The van der Waals surface area contributed by atoms with E-state index < -0.39 is 5.54 Å². The molecule has 0 fully saturated rings. The predicted octanol–water partition coefficient (Wildman–Crippen LogP) is 2.98. The molecule has 0 aliphatic heterocycles. The molecule has 0 bridgehead atoms. The Morgan fingerprint density at radius 2 is 1.84 bits per heavy atom. The Kier molecular flexibility index (Phi) is 3.78. The van der Waals surface area contributed by atoms with Crippen LogP contribution in [0.25, 0.3) is 10.8 Å². The van der Waals surface area contributed by atoms with Crippen molar-refractivity contribution in [2.45, 2.75) is 32.5 Å². The molecule has 0 radical (unpaired) electrons. The number of nitrogens with one attached hydrogen (secondary N) is 1. The van der Waals surface area contributed by atoms with Gasteiger partial charge in [0.25, 0.3) is 0 Å². The molecule has 0 aliphatic rings. The van der Waals surface area contributed by atoms with Gasteiger partial charge in [-0.15, -0.1) is 0 Å². The van der Waals surface area contributed by atoms with E-state index in [9.17, 15) is 0 Å². The summed E-state index contributed by atoms with van der Waals surface area (Å²) in [6.45, 7) is 5.99. The van der Waals surface area contributed by atoms with E-state index in [4.69, 9.17) is 10.5 Å². The summed E-state index contributed by atoms with van der Waals surface area (Å²) in [7, 11) is 1.87. The normalized spacial score (nSPS) is 13.5. The van der Waals surface area contributed by atoms with Gasteiger partial charge in [-0.05, 0) is 44.7 Å². The maximum Gasteiger partial charge on any atom is 0.147 e. The maximum absolute atomic E-state index is 6.34. The van der Waals surface area contributed by atoms with E-state index in [-0.39, 0.29) is 6.23 Å². The molecule has 2 aromatic carbocycles. The fourth-order valence-corrected chi connectivity index (χ4v) is 2.26. The van der Waals surface area contributed by atoms with Gasteiger partial charge in [0.2, 0.25) is 0 Å². The molecular formula is C16H22N2O. The number of rotatable bonds is 4. The van der Waals surface area contributed by atoms with Gasteiger partial charge in [0.05, 0.1) is 0 Å². The van der Waals surface area contributed by atoms with Gasteiger partial charge in [-0.2, -0.15) is 0 Å². The van der Waals surface area contributed by atoms with Gasteiger partial charge >= 0.3 is 0 Å². The zero-order chi connectivity index (χ0) is 14.0. The van der Waals surface area contributed by atoms with Crippen molar-refractivity contribution in [3.63, 3.8) is 0 Å². The molecule has 2 rings (SSSR count). The van der Waals surface area contributed by atoms with Crippen LogP contribution in [0.15, 0.2) is 36.4 Å². The predicted molar refractivity (Wildman–Crippen MR) is 80.3 cm³/mol. The fraction of sp³-hybridized carbons (Fsp3) is 0.375. The lowest BCUT2D eigenvalue weighted by Gasteiger charge is -2.26. The van der Waals surface area contributed by atoms with E-state index >= 15 is 0 Å². The Labute approximate surface area is 114 Å². The first-order valence-corrected chi connectivity index (χ1v) is 6.58. The van der Waals surface area contributed by atoms with E-state index in [0.717, 1.165) is 16.7 Å². The largest absolute Gasteiger partial charge is 0.475 e. The van der Waals surface area contributed by atoms with Crippen LogP contribution in [0.3, 0.4) is 0 Å². The first kappa shape index (κ1) is 13.8. The third kappa shape index (κ3) is 2.88. The monoisotopic (exact) mass is 258 g/mol. The van der Waals surface area contributed by atoms with Crippen molar-refractivity contribution < 1.29 is 4.74 Å². The quantitative estimate of drug-likeness (QED) is 0.829. The Hall–Kier alpha value is -1.58. The number of ether oxygens (including phenoxy) is 1. The molecule has 0 spiro atoms. The van der Waals surface area contributed by atoms with Crippen LogP contribution < -0.4 is 15.8 Å². The number of hydrogen-bond acceptors (Lipinski definition) is 3. The molecule has 3 heteroatoms. The minimum absolute atomic E-state index is 0.0535. The van der Waals surface area contributed by atoms with Gasteiger partial charge in [-0.25, -0.2) is 0 Å². The fourth-order valence-electron chi connectivity index (χ4n) is 2.26. The number of nitrogens with two attached hydrogens (primary N) is 1. The van der Waals surface area contributed by atoms with Crippen LogP contribution in [0.2, 0.25) is 0 Å². The van der Waals surface area contributed by atoms with Crippen LogP contribution in [-0.2, 0) is 5.54 Å². The molecule has 0 saturated heterocycles. The van der Waals surface area contributed by atoms with Gasteiger partial charge < -0.3 is 10.5 Å². The third-order valence-corrected chi connectivity index (χ3v) is 3.25. The van der Waals surface area contributed by atoms with Crippen molar-refractivity contribution in [2.24, 2.45) is 5.73 Å². The Morgan fingerprint density at radius 1 is 1.16 bits per heavy atom. The molecule has 0 saturated carbocycles. The van der Waals surface area contributed by atoms with Crippen LogP contribution in [0, 0.1) is 0 Å². The lowest BCUT2D eigenvalue weighted by atomic mass is 9.89. The van der Waals surface area contributed by atoms with Gasteiger partial charge in [-0.1, -0.05) is 30.3 Å². The highest BCUT2D eigenvalue weighted by Crippen LogP contribution is 2.35. The van der Waals surface area contributed by atoms with E-state index in [1.165, 1.54) is 5.39 Å². The summed E-state index contributed by atoms with van der Waals surface area (Å²) in [4.78, 5) is 0. The average molecular weight is 258 g/mol. The molecular weight excluding hydrogens is 236 g/mol. The summed E-state index contributed by atoms with van der Waals surface area (Å²) in [6.07, 6.45) is -0.0535.